The Hall–Kier alpha value is -0.590. The highest BCUT2D eigenvalue weighted by Gasteiger charge is 2.54. The summed E-state index contributed by atoms with van der Waals surface area (Å²) in [5, 5.41) is 9.96. The second-order valence-corrected chi connectivity index (χ2v) is 9.04. The number of rotatable bonds is 6. The van der Waals surface area contributed by atoms with Crippen LogP contribution in [-0.2, 0) is 11.8 Å². The number of nitrogens with zero attached hydrogens (tertiary/aromatic N) is 4. The van der Waals surface area contributed by atoms with Gasteiger partial charge in [-0.3, -0.25) is 0 Å². The molecular formula is C18H30N4OS. The topological polar surface area (TPSA) is 43.2 Å². The minimum atomic E-state index is 0.520. The molecule has 1 aromatic heterocycles. The van der Waals surface area contributed by atoms with Gasteiger partial charge in [-0.05, 0) is 56.5 Å². The summed E-state index contributed by atoms with van der Waals surface area (Å²) in [5.74, 6) is 3.77. The lowest BCUT2D eigenvalue weighted by molar-refractivity contribution is 0.0828. The second-order valence-electron chi connectivity index (χ2n) is 7.98. The number of ether oxygens (including phenoxy) is 1. The van der Waals surface area contributed by atoms with E-state index in [9.17, 15) is 0 Å². The quantitative estimate of drug-likeness (QED) is 0.583. The van der Waals surface area contributed by atoms with Gasteiger partial charge >= 0.3 is 0 Å². The van der Waals surface area contributed by atoms with Crippen LogP contribution in [-0.4, -0.2) is 58.3 Å². The van der Waals surface area contributed by atoms with E-state index in [2.05, 4.69) is 33.6 Å². The lowest BCUT2D eigenvalue weighted by atomic mass is 10.00. The first kappa shape index (κ1) is 16.9. The van der Waals surface area contributed by atoms with Crippen LogP contribution in [0, 0.1) is 11.3 Å². The molecule has 1 saturated carbocycles. The smallest absolute Gasteiger partial charge is 0.190 e. The first-order valence-electron chi connectivity index (χ1n) is 9.50. The van der Waals surface area contributed by atoms with Gasteiger partial charge in [-0.1, -0.05) is 18.7 Å². The van der Waals surface area contributed by atoms with Gasteiger partial charge in [-0.15, -0.1) is 10.2 Å². The number of thioether (sulfide) groups is 1. The van der Waals surface area contributed by atoms with Crippen molar-refractivity contribution >= 4 is 11.8 Å². The third-order valence-electron chi connectivity index (χ3n) is 6.37. The molecule has 3 aliphatic rings. The Morgan fingerprint density at radius 1 is 1.29 bits per heavy atom. The van der Waals surface area contributed by atoms with E-state index in [1.165, 1.54) is 38.9 Å². The van der Waals surface area contributed by atoms with Crippen molar-refractivity contribution in [2.75, 3.05) is 38.6 Å². The molecule has 4 rings (SSSR count). The lowest BCUT2D eigenvalue weighted by Crippen LogP contribution is -2.23. The third kappa shape index (κ3) is 3.37. The van der Waals surface area contributed by atoms with Gasteiger partial charge in [0.2, 0.25) is 0 Å². The first-order chi connectivity index (χ1) is 11.7. The zero-order chi connectivity index (χ0) is 16.6. The summed E-state index contributed by atoms with van der Waals surface area (Å²) in [4.78, 5) is 2.67. The maximum atomic E-state index is 5.45. The minimum Gasteiger partial charge on any atom is -0.381 e. The van der Waals surface area contributed by atoms with Gasteiger partial charge in [-0.2, -0.15) is 0 Å². The van der Waals surface area contributed by atoms with E-state index in [0.29, 0.717) is 5.92 Å². The number of hydrogen-bond acceptors (Lipinski definition) is 5. The average Bonchev–Trinajstić information content (AvgIpc) is 2.92. The molecule has 24 heavy (non-hydrogen) atoms. The van der Waals surface area contributed by atoms with Crippen LogP contribution in [0.15, 0.2) is 5.16 Å². The number of aromatic nitrogens is 3. The summed E-state index contributed by atoms with van der Waals surface area (Å²) in [6.45, 7) is 8.03. The highest BCUT2D eigenvalue weighted by molar-refractivity contribution is 7.99. The van der Waals surface area contributed by atoms with Crippen LogP contribution in [0.2, 0.25) is 0 Å². The van der Waals surface area contributed by atoms with Crippen LogP contribution in [0.25, 0.3) is 0 Å². The number of likely N-dealkylation sites (tertiary alicyclic amines) is 1. The molecule has 1 spiro atoms. The summed E-state index contributed by atoms with van der Waals surface area (Å²) in [5.41, 5.74) is 0.718. The fourth-order valence-electron chi connectivity index (χ4n) is 4.51. The minimum absolute atomic E-state index is 0.520. The standard InChI is InChI=1S/C18H30N4OS/c1-14-12-18(14)6-8-22(13-18)7-3-11-24-17-20-19-16(21(17)2)15-4-9-23-10-5-15/h14-15H,3-13H2,1-2H3/t14-,18-/m1/s1. The molecule has 3 heterocycles. The SMILES string of the molecule is C[C@@H]1C[C@@]12CCN(CCCSc1nnc(C3CCOCC3)n1C)C2. The van der Waals surface area contributed by atoms with E-state index in [4.69, 9.17) is 4.74 Å². The van der Waals surface area contributed by atoms with E-state index >= 15 is 0 Å². The van der Waals surface area contributed by atoms with Crippen molar-refractivity contribution in [2.45, 2.75) is 50.1 Å². The second kappa shape index (κ2) is 6.96. The number of hydrogen-bond donors (Lipinski definition) is 0. The van der Waals surface area contributed by atoms with Crippen molar-refractivity contribution < 1.29 is 4.74 Å². The Kier molecular flexibility index (Phi) is 4.89. The van der Waals surface area contributed by atoms with Gasteiger partial charge < -0.3 is 14.2 Å². The van der Waals surface area contributed by atoms with Crippen LogP contribution in [0.5, 0.6) is 0 Å². The predicted molar refractivity (Wildman–Crippen MR) is 96.4 cm³/mol. The van der Waals surface area contributed by atoms with E-state index in [-0.39, 0.29) is 0 Å². The first-order valence-corrected chi connectivity index (χ1v) is 10.5. The molecule has 134 valence electrons. The molecule has 0 amide bonds. The molecule has 0 aromatic carbocycles. The Balaban J connectivity index is 1.21. The maximum Gasteiger partial charge on any atom is 0.190 e. The maximum absolute atomic E-state index is 5.45. The van der Waals surface area contributed by atoms with Crippen molar-refractivity contribution in [2.24, 2.45) is 18.4 Å². The van der Waals surface area contributed by atoms with Crippen molar-refractivity contribution in [3.63, 3.8) is 0 Å². The lowest BCUT2D eigenvalue weighted by Gasteiger charge is -2.21. The Morgan fingerprint density at radius 2 is 2.08 bits per heavy atom. The molecule has 6 heteroatoms. The third-order valence-corrected chi connectivity index (χ3v) is 7.47. The van der Waals surface area contributed by atoms with E-state index in [1.54, 1.807) is 0 Å². The molecule has 5 nitrogen and oxygen atoms in total. The summed E-state index contributed by atoms with van der Waals surface area (Å²) in [6.07, 6.45) is 6.29. The summed E-state index contributed by atoms with van der Waals surface area (Å²) in [7, 11) is 2.12. The summed E-state index contributed by atoms with van der Waals surface area (Å²) in [6, 6.07) is 0. The fraction of sp³-hybridized carbons (Fsp3) is 0.889. The van der Waals surface area contributed by atoms with Gasteiger partial charge in [0.05, 0.1) is 0 Å². The van der Waals surface area contributed by atoms with E-state index < -0.39 is 0 Å². The Labute approximate surface area is 149 Å². The summed E-state index contributed by atoms with van der Waals surface area (Å²) >= 11 is 1.86. The van der Waals surface area contributed by atoms with Crippen LogP contribution in [0.3, 0.4) is 0 Å². The normalized spacial score (nSPS) is 31.2. The fourth-order valence-corrected chi connectivity index (χ4v) is 5.35. The molecular weight excluding hydrogens is 320 g/mol. The molecule has 0 bridgehead atoms. The monoisotopic (exact) mass is 350 g/mol. The molecule has 2 saturated heterocycles. The van der Waals surface area contributed by atoms with E-state index in [1.807, 2.05) is 11.8 Å². The molecule has 0 unspecified atom stereocenters. The summed E-state index contributed by atoms with van der Waals surface area (Å²) < 4.78 is 7.66. The molecule has 0 radical (unpaired) electrons. The molecule has 0 N–H and O–H groups in total. The molecule has 1 aliphatic carbocycles. The predicted octanol–water partition coefficient (Wildman–Crippen LogP) is 2.92. The van der Waals surface area contributed by atoms with Crippen molar-refractivity contribution in [3.8, 4) is 0 Å². The van der Waals surface area contributed by atoms with E-state index in [0.717, 1.165) is 54.1 Å². The molecule has 1 aromatic rings. The van der Waals surface area contributed by atoms with Gasteiger partial charge in [0, 0.05) is 38.5 Å². The van der Waals surface area contributed by atoms with Gasteiger partial charge in [0.15, 0.2) is 5.16 Å². The Bertz CT molecular complexity index is 571. The van der Waals surface area contributed by atoms with Crippen LogP contribution < -0.4 is 0 Å². The van der Waals surface area contributed by atoms with Crippen LogP contribution in [0.4, 0.5) is 0 Å². The average molecular weight is 351 g/mol. The van der Waals surface area contributed by atoms with Crippen molar-refractivity contribution in [1.82, 2.24) is 19.7 Å². The van der Waals surface area contributed by atoms with Crippen LogP contribution in [0.1, 0.15) is 50.8 Å². The highest BCUT2D eigenvalue weighted by atomic mass is 32.2. The van der Waals surface area contributed by atoms with Gasteiger partial charge in [0.1, 0.15) is 5.82 Å². The van der Waals surface area contributed by atoms with Crippen molar-refractivity contribution in [3.05, 3.63) is 5.82 Å². The molecule has 2 atom stereocenters. The van der Waals surface area contributed by atoms with Crippen molar-refractivity contribution in [1.29, 1.82) is 0 Å². The van der Waals surface area contributed by atoms with Gasteiger partial charge in [0.25, 0.3) is 0 Å². The van der Waals surface area contributed by atoms with Crippen LogP contribution >= 0.6 is 11.8 Å². The zero-order valence-corrected chi connectivity index (χ0v) is 15.9. The highest BCUT2D eigenvalue weighted by Crippen LogP contribution is 2.58. The molecule has 3 fully saturated rings. The zero-order valence-electron chi connectivity index (χ0n) is 15.0. The largest absolute Gasteiger partial charge is 0.381 e. The van der Waals surface area contributed by atoms with Gasteiger partial charge in [-0.25, -0.2) is 0 Å². The molecule has 2 aliphatic heterocycles. The Morgan fingerprint density at radius 3 is 2.79 bits per heavy atom.